The molecule has 0 rings (SSSR count). The van der Waals surface area contributed by atoms with Crippen molar-refractivity contribution in [2.45, 2.75) is 65.8 Å². The van der Waals surface area contributed by atoms with E-state index in [2.05, 4.69) is 12.2 Å². The van der Waals surface area contributed by atoms with E-state index < -0.39 is 93.1 Å². The van der Waals surface area contributed by atoms with Crippen LogP contribution in [0.1, 0.15) is 0 Å². The van der Waals surface area contributed by atoms with Crippen molar-refractivity contribution < 1.29 is 124 Å². The fraction of sp³-hybridized carbons (Fsp3) is 0.733. The summed E-state index contributed by atoms with van der Waals surface area (Å²) in [6.45, 7) is 0. The summed E-state index contributed by atoms with van der Waals surface area (Å²) in [5.41, 5.74) is -11.2. The third-order valence-electron chi connectivity index (χ3n) is 4.88. The van der Waals surface area contributed by atoms with Crippen molar-refractivity contribution in [1.82, 2.24) is 5.34 Å². The van der Waals surface area contributed by atoms with Crippen LogP contribution in [0.25, 0.3) is 0 Å². The third kappa shape index (κ3) is 5.80. The van der Waals surface area contributed by atoms with Gasteiger partial charge in [0.05, 0.1) is 10.9 Å². The quantitative estimate of drug-likeness (QED) is 0.0713. The van der Waals surface area contributed by atoms with Gasteiger partial charge in [0, 0.05) is 0 Å². The average Bonchev–Trinajstić information content (AvgIpc) is 2.78. The number of thiocarbonyl (C=S) groups is 1. The molecule has 0 aliphatic carbocycles. The van der Waals surface area contributed by atoms with Gasteiger partial charge in [-0.3, -0.25) is 0 Å². The predicted octanol–water partition coefficient (Wildman–Crippen LogP) is 8.61. The van der Waals surface area contributed by atoms with Crippen LogP contribution in [0.5, 0.6) is 0 Å². The summed E-state index contributed by atoms with van der Waals surface area (Å²) in [5.74, 6) is -75.9. The van der Waals surface area contributed by atoms with Crippen LogP contribution >= 0.6 is 12.2 Å². The van der Waals surface area contributed by atoms with Crippen LogP contribution in [0.15, 0.2) is 11.1 Å². The molecule has 0 aromatic rings. The summed E-state index contributed by atoms with van der Waals surface area (Å²) >= 11 is 2.74. The second kappa shape index (κ2) is 11.0. The molecule has 0 saturated carbocycles. The first-order valence-electron chi connectivity index (χ1n) is 9.23. The van der Waals surface area contributed by atoms with Gasteiger partial charge < -0.3 is 5.11 Å². The van der Waals surface area contributed by atoms with Gasteiger partial charge in [-0.25, -0.2) is 4.79 Å². The molecular weight excluding hydrogens is 752 g/mol. The summed E-state index contributed by atoms with van der Waals surface area (Å²) in [7, 11) is 0. The lowest BCUT2D eigenvalue weighted by Crippen LogP contribution is -2.73. The van der Waals surface area contributed by atoms with E-state index in [-0.39, 0.29) is 0 Å². The first-order chi connectivity index (χ1) is 19.0. The highest BCUT2D eigenvalue weighted by molar-refractivity contribution is 7.81. The van der Waals surface area contributed by atoms with Crippen LogP contribution < -0.4 is 0 Å². The maximum absolute atomic E-state index is 14.5. The topological polar surface area (TPSA) is 40.5 Å². The normalized spacial score (nSPS) is 16.6. The highest BCUT2D eigenvalue weighted by Gasteiger charge is 2.94. The molecule has 266 valence electrons. The van der Waals surface area contributed by atoms with Crippen molar-refractivity contribution in [2.24, 2.45) is 0 Å². The molecule has 0 atom stereocenters. The van der Waals surface area contributed by atoms with Crippen LogP contribution in [0.2, 0.25) is 0 Å². The molecule has 1 N–H and O–H groups in total. The number of nitrogens with zero attached hydrogens (tertiary/aromatic N) is 1. The number of hydrogen-bond acceptors (Lipinski definition) is 3. The Morgan fingerprint density at radius 1 is 0.444 bits per heavy atom. The van der Waals surface area contributed by atoms with Gasteiger partial charge in [0.15, 0.2) is 0 Å². The number of halogens is 26. The predicted molar refractivity (Wildman–Crippen MR) is 87.9 cm³/mol. The number of carboxylic acid groups (broad SMARTS) is 1. The number of rotatable bonds is 12. The number of alkyl halides is 24. The summed E-state index contributed by atoms with van der Waals surface area (Å²) in [5, 5.41) is 4.12. The largest absolute Gasteiger partial charge is 0.478 e. The molecule has 0 unspecified atom stereocenters. The number of hydrogen-bond donors (Lipinski definition) is 1. The Bertz CT molecular complexity index is 1190. The number of aliphatic carboxylic acids is 1. The Morgan fingerprint density at radius 3 is 1.02 bits per heavy atom. The van der Waals surface area contributed by atoms with E-state index in [0.29, 0.717) is 0 Å². The molecule has 0 aliphatic heterocycles. The molecular formula is C15HF26NO2S. The minimum atomic E-state index is -9.45. The maximum Gasteiger partial charge on any atom is 0.460 e. The van der Waals surface area contributed by atoms with Crippen LogP contribution in [0.4, 0.5) is 114 Å². The van der Waals surface area contributed by atoms with Gasteiger partial charge in [0.1, 0.15) is 10.4 Å². The minimum absolute atomic E-state index is 2.74. The van der Waals surface area contributed by atoms with Crippen LogP contribution in [0, 0.1) is 0 Å². The van der Waals surface area contributed by atoms with E-state index in [1.54, 1.807) is 0 Å². The van der Waals surface area contributed by atoms with Gasteiger partial charge in [-0.2, -0.15) is 105 Å². The molecule has 0 fully saturated rings. The van der Waals surface area contributed by atoms with Gasteiger partial charge in [0.25, 0.3) is 0 Å². The zero-order chi connectivity index (χ0) is 37.4. The molecule has 0 heterocycles. The summed E-state index contributed by atoms with van der Waals surface area (Å²) in [6, 6.07) is -8.02. The Labute approximate surface area is 230 Å². The Kier molecular flexibility index (Phi) is 10.4. The van der Waals surface area contributed by atoms with Crippen molar-refractivity contribution in [3.05, 3.63) is 11.1 Å². The fourth-order valence-electron chi connectivity index (χ4n) is 2.48. The monoisotopic (exact) mass is 753 g/mol. The summed E-state index contributed by atoms with van der Waals surface area (Å²) < 4.78 is 345. The van der Waals surface area contributed by atoms with Gasteiger partial charge in [0.2, 0.25) is 0 Å². The molecule has 3 nitrogen and oxygen atoms in total. The molecule has 0 saturated heterocycles. The molecule has 0 radical (unpaired) electrons. The standard InChI is InChI=1S/C15HF26NO2S/c16-5(17,8(22,23)9(24,25)10(26,27)11(28,29)12(30,31)14(35,36)37)2(4(43)44)1(3(45)7(20,21)13(32,33)34)6(18,19)15(38,39)42(40)41/h(H,43,44). The number of carbonyl (C=O) groups is 1. The van der Waals surface area contributed by atoms with E-state index in [4.69, 9.17) is 5.11 Å². The fourth-order valence-corrected chi connectivity index (χ4v) is 2.82. The van der Waals surface area contributed by atoms with Crippen molar-refractivity contribution in [1.29, 1.82) is 0 Å². The van der Waals surface area contributed by atoms with Crippen molar-refractivity contribution in [2.75, 3.05) is 0 Å². The van der Waals surface area contributed by atoms with E-state index in [1.165, 1.54) is 0 Å². The van der Waals surface area contributed by atoms with Crippen LogP contribution in [0.3, 0.4) is 0 Å². The van der Waals surface area contributed by atoms with E-state index in [0.717, 1.165) is 0 Å². The highest BCUT2D eigenvalue weighted by atomic mass is 32.1. The second-order valence-electron chi connectivity index (χ2n) is 7.75. The zero-order valence-corrected chi connectivity index (χ0v) is 19.9. The molecule has 0 aromatic heterocycles. The molecule has 0 aliphatic rings. The van der Waals surface area contributed by atoms with Crippen LogP contribution in [-0.2, 0) is 4.79 Å². The number of carboxylic acids is 1. The lowest BCUT2D eigenvalue weighted by molar-refractivity contribution is -0.450. The lowest BCUT2D eigenvalue weighted by Gasteiger charge is -2.42. The summed E-state index contributed by atoms with van der Waals surface area (Å²) in [6.07, 6.45) is -16.0. The third-order valence-corrected chi connectivity index (χ3v) is 5.34. The molecule has 45 heavy (non-hydrogen) atoms. The van der Waals surface area contributed by atoms with E-state index in [1.807, 2.05) is 0 Å². The first-order valence-corrected chi connectivity index (χ1v) is 9.64. The molecule has 0 aromatic carbocycles. The first kappa shape index (κ1) is 42.4. The SMILES string of the molecule is O=C(O)C(=C(C(=S)C(F)(F)C(F)(F)F)C(F)(F)C(F)(F)N(F)F)C(F)(F)C(F)(F)C(F)(F)C(F)(F)C(F)(F)C(F)(F)C(F)(F)F. The van der Waals surface area contributed by atoms with Crippen LogP contribution in [-0.4, -0.2) is 87.1 Å². The average molecular weight is 753 g/mol. The van der Waals surface area contributed by atoms with E-state index in [9.17, 15) is 119 Å². The Morgan fingerprint density at radius 2 is 0.756 bits per heavy atom. The molecule has 0 amide bonds. The molecule has 30 heteroatoms. The van der Waals surface area contributed by atoms with Crippen molar-refractivity contribution >= 4 is 23.1 Å². The minimum Gasteiger partial charge on any atom is -0.478 e. The van der Waals surface area contributed by atoms with Crippen molar-refractivity contribution in [3.63, 3.8) is 0 Å². The Balaban J connectivity index is 8.45. The van der Waals surface area contributed by atoms with Gasteiger partial charge >= 0.3 is 71.7 Å². The lowest BCUT2D eigenvalue weighted by atomic mass is 9.84. The van der Waals surface area contributed by atoms with Crippen molar-refractivity contribution in [3.8, 4) is 0 Å². The molecule has 0 spiro atoms. The van der Waals surface area contributed by atoms with Gasteiger partial charge in [-0.05, 0) is 0 Å². The highest BCUT2D eigenvalue weighted by Crippen LogP contribution is 2.64. The molecule has 0 bridgehead atoms. The zero-order valence-electron chi connectivity index (χ0n) is 19.0. The second-order valence-corrected chi connectivity index (χ2v) is 8.16. The summed E-state index contributed by atoms with van der Waals surface area (Å²) in [4.78, 5) is 6.11. The smallest absolute Gasteiger partial charge is 0.460 e. The Hall–Kier alpha value is -2.56. The maximum atomic E-state index is 14.5. The van der Waals surface area contributed by atoms with Gasteiger partial charge in [-0.1, -0.05) is 21.2 Å². The van der Waals surface area contributed by atoms with Gasteiger partial charge in [-0.15, -0.1) is 0 Å². The van der Waals surface area contributed by atoms with E-state index >= 15 is 0 Å².